The molecule has 8 rings (SSSR count). The number of aromatic amines is 2. The average molecular weight is 665 g/mol. The first-order valence-electron chi connectivity index (χ1n) is 17.9. The maximum atomic E-state index is 15.4. The minimum atomic E-state index is -0.299. The zero-order valence-corrected chi connectivity index (χ0v) is 27.9. The fraction of sp³-hybridized carbons (Fsp3) is 0.474. The third-order valence-electron chi connectivity index (χ3n) is 11.6. The molecule has 4 aliphatic rings. The molecule has 2 N–H and O–H groups in total. The number of benzene rings is 2. The third-order valence-corrected chi connectivity index (χ3v) is 11.6. The molecule has 0 aliphatic carbocycles. The Morgan fingerprint density at radius 3 is 2.02 bits per heavy atom. The Morgan fingerprint density at radius 1 is 0.755 bits per heavy atom. The smallest absolute Gasteiger partial charge is 0.253 e. The van der Waals surface area contributed by atoms with Crippen LogP contribution in [0.2, 0.25) is 0 Å². The van der Waals surface area contributed by atoms with Gasteiger partial charge in [0.2, 0.25) is 5.91 Å². The van der Waals surface area contributed by atoms with E-state index in [9.17, 15) is 9.59 Å². The SMILES string of the molecule is O=C(c1ccc(C2CCN(c3ccn[nH]3)CC2)c(F)c1)N1CCC(C2CCN(Cc3ccc(C4CCN(c5ccn[nH]5)CC4)cc3)C2=O)C1. The summed E-state index contributed by atoms with van der Waals surface area (Å²) in [7, 11) is 0. The van der Waals surface area contributed by atoms with Crippen LogP contribution in [-0.4, -0.2) is 87.8 Å². The van der Waals surface area contributed by atoms with Gasteiger partial charge in [-0.25, -0.2) is 4.39 Å². The fourth-order valence-electron chi connectivity index (χ4n) is 8.68. The van der Waals surface area contributed by atoms with E-state index in [1.54, 1.807) is 18.5 Å². The molecular formula is C38H45FN8O2. The van der Waals surface area contributed by atoms with E-state index in [-0.39, 0.29) is 35.4 Å². The Kier molecular flexibility index (Phi) is 8.82. The Hall–Kier alpha value is -4.67. The Labute approximate surface area is 286 Å². The number of anilines is 2. The van der Waals surface area contributed by atoms with Crippen LogP contribution in [0.4, 0.5) is 16.0 Å². The van der Waals surface area contributed by atoms with E-state index >= 15 is 4.39 Å². The van der Waals surface area contributed by atoms with E-state index in [1.807, 2.05) is 28.0 Å². The maximum absolute atomic E-state index is 15.4. The van der Waals surface area contributed by atoms with Crippen molar-refractivity contribution in [2.24, 2.45) is 11.8 Å². The molecule has 2 unspecified atom stereocenters. The molecule has 4 aromatic rings. The van der Waals surface area contributed by atoms with Crippen LogP contribution in [0.3, 0.4) is 0 Å². The zero-order valence-electron chi connectivity index (χ0n) is 27.9. The number of hydrogen-bond donors (Lipinski definition) is 2. The summed E-state index contributed by atoms with van der Waals surface area (Å²) in [6.45, 7) is 6.21. The minimum Gasteiger partial charge on any atom is -0.357 e. The molecule has 0 radical (unpaired) electrons. The van der Waals surface area contributed by atoms with Crippen LogP contribution in [0.15, 0.2) is 67.0 Å². The summed E-state index contributed by atoms with van der Waals surface area (Å²) in [5.41, 5.74) is 3.61. The molecule has 4 aliphatic heterocycles. The van der Waals surface area contributed by atoms with Gasteiger partial charge in [-0.3, -0.25) is 19.8 Å². The summed E-state index contributed by atoms with van der Waals surface area (Å²) >= 11 is 0. The molecule has 4 fully saturated rings. The number of nitrogens with one attached hydrogen (secondary N) is 2. The number of carbonyl (C=O) groups excluding carboxylic acids is 2. The minimum absolute atomic E-state index is 0.0659. The molecule has 2 amide bonds. The van der Waals surface area contributed by atoms with Crippen LogP contribution < -0.4 is 9.80 Å². The predicted molar refractivity (Wildman–Crippen MR) is 186 cm³/mol. The maximum Gasteiger partial charge on any atom is 0.253 e. The Balaban J connectivity index is 0.817. The van der Waals surface area contributed by atoms with Crippen LogP contribution in [0.5, 0.6) is 0 Å². The molecule has 256 valence electrons. The monoisotopic (exact) mass is 664 g/mol. The van der Waals surface area contributed by atoms with Gasteiger partial charge in [0.05, 0.1) is 12.4 Å². The van der Waals surface area contributed by atoms with Gasteiger partial charge in [-0.05, 0) is 85.1 Å². The van der Waals surface area contributed by atoms with Crippen LogP contribution in [-0.2, 0) is 11.3 Å². The second kappa shape index (κ2) is 13.7. The number of aromatic nitrogens is 4. The molecule has 11 heteroatoms. The molecule has 49 heavy (non-hydrogen) atoms. The van der Waals surface area contributed by atoms with Crippen LogP contribution in [0, 0.1) is 17.7 Å². The lowest BCUT2D eigenvalue weighted by atomic mass is 9.88. The van der Waals surface area contributed by atoms with Crippen molar-refractivity contribution in [2.45, 2.75) is 56.9 Å². The van der Waals surface area contributed by atoms with Crippen molar-refractivity contribution in [1.29, 1.82) is 0 Å². The highest BCUT2D eigenvalue weighted by molar-refractivity contribution is 5.94. The van der Waals surface area contributed by atoms with Crippen molar-refractivity contribution in [3.63, 3.8) is 0 Å². The molecule has 0 spiro atoms. The molecule has 6 heterocycles. The number of halogens is 1. The van der Waals surface area contributed by atoms with E-state index in [0.717, 1.165) is 88.4 Å². The van der Waals surface area contributed by atoms with Gasteiger partial charge in [-0.1, -0.05) is 30.3 Å². The van der Waals surface area contributed by atoms with E-state index in [1.165, 1.54) is 11.6 Å². The normalized spacial score (nSPS) is 22.4. The third kappa shape index (κ3) is 6.55. The summed E-state index contributed by atoms with van der Waals surface area (Å²) < 4.78 is 15.4. The van der Waals surface area contributed by atoms with Crippen molar-refractivity contribution in [3.8, 4) is 0 Å². The van der Waals surface area contributed by atoms with E-state index in [4.69, 9.17) is 0 Å². The first-order chi connectivity index (χ1) is 24.0. The van der Waals surface area contributed by atoms with Crippen molar-refractivity contribution in [2.75, 3.05) is 55.6 Å². The number of nitrogens with zero attached hydrogens (tertiary/aromatic N) is 6. The number of hydrogen-bond acceptors (Lipinski definition) is 6. The summed E-state index contributed by atoms with van der Waals surface area (Å²) in [5, 5.41) is 14.2. The van der Waals surface area contributed by atoms with Gasteiger partial charge < -0.3 is 19.6 Å². The first-order valence-corrected chi connectivity index (χ1v) is 17.9. The van der Waals surface area contributed by atoms with Crippen LogP contribution in [0.25, 0.3) is 0 Å². The van der Waals surface area contributed by atoms with Gasteiger partial charge in [0.1, 0.15) is 17.5 Å². The molecule has 2 atom stereocenters. The number of H-pyrrole nitrogens is 2. The number of piperidine rings is 2. The summed E-state index contributed by atoms with van der Waals surface area (Å²) in [5.74, 6) is 2.59. The van der Waals surface area contributed by atoms with Crippen molar-refractivity contribution >= 4 is 23.5 Å². The quantitative estimate of drug-likeness (QED) is 0.256. The highest BCUT2D eigenvalue weighted by Gasteiger charge is 2.41. The molecule has 10 nitrogen and oxygen atoms in total. The lowest BCUT2D eigenvalue weighted by Crippen LogP contribution is -2.33. The second-order valence-corrected chi connectivity index (χ2v) is 14.3. The van der Waals surface area contributed by atoms with Gasteiger partial charge in [0.25, 0.3) is 5.91 Å². The first kappa shape index (κ1) is 31.6. The number of carbonyl (C=O) groups is 2. The van der Waals surface area contributed by atoms with E-state index in [2.05, 4.69) is 54.5 Å². The summed E-state index contributed by atoms with van der Waals surface area (Å²) in [4.78, 5) is 35.4. The van der Waals surface area contributed by atoms with Crippen molar-refractivity contribution < 1.29 is 14.0 Å². The Bertz CT molecular complexity index is 1730. The van der Waals surface area contributed by atoms with E-state index in [0.29, 0.717) is 36.7 Å². The number of likely N-dealkylation sites (tertiary alicyclic amines) is 2. The average Bonchev–Trinajstić information content (AvgIpc) is 3.98. The largest absolute Gasteiger partial charge is 0.357 e. The van der Waals surface area contributed by atoms with Crippen molar-refractivity contribution in [1.82, 2.24) is 30.2 Å². The second-order valence-electron chi connectivity index (χ2n) is 14.3. The van der Waals surface area contributed by atoms with Gasteiger partial charge in [0.15, 0.2) is 0 Å². The zero-order chi connectivity index (χ0) is 33.3. The summed E-state index contributed by atoms with van der Waals surface area (Å²) in [6, 6.07) is 17.8. The van der Waals surface area contributed by atoms with Gasteiger partial charge >= 0.3 is 0 Å². The molecule has 2 aromatic carbocycles. The van der Waals surface area contributed by atoms with Crippen LogP contribution in [0.1, 0.15) is 77.4 Å². The lowest BCUT2D eigenvalue weighted by molar-refractivity contribution is -0.132. The van der Waals surface area contributed by atoms with Crippen LogP contribution >= 0.6 is 0 Å². The highest BCUT2D eigenvalue weighted by Crippen LogP contribution is 2.36. The van der Waals surface area contributed by atoms with Crippen molar-refractivity contribution in [3.05, 3.63) is 95.1 Å². The lowest BCUT2D eigenvalue weighted by Gasteiger charge is -2.32. The van der Waals surface area contributed by atoms with E-state index < -0.39 is 0 Å². The standard InChI is InChI=1S/C38H45FN8O2/c39-34-23-30(5-6-32(34)29-11-19-45(20-12-29)36-8-16-41-43-36)37(48)47-21-13-31(25-47)33-14-22-46(38(33)49)24-26-1-3-27(4-2-26)28-9-17-44(18-10-28)35-7-15-40-42-35/h1-8,15-16,23,28-29,31,33H,9-14,17-22,24-25H2,(H,40,42)(H,41,43). The fourth-order valence-corrected chi connectivity index (χ4v) is 8.68. The van der Waals surface area contributed by atoms with Gasteiger partial charge in [-0.15, -0.1) is 0 Å². The number of amides is 2. The van der Waals surface area contributed by atoms with Gasteiger partial charge in [-0.2, -0.15) is 10.2 Å². The molecule has 2 aromatic heterocycles. The molecule has 0 saturated carbocycles. The molecular weight excluding hydrogens is 619 g/mol. The highest BCUT2D eigenvalue weighted by atomic mass is 19.1. The topological polar surface area (TPSA) is 104 Å². The number of rotatable bonds is 8. The predicted octanol–water partition coefficient (Wildman–Crippen LogP) is 5.55. The Morgan fingerprint density at radius 2 is 1.41 bits per heavy atom. The molecule has 4 saturated heterocycles. The summed E-state index contributed by atoms with van der Waals surface area (Å²) in [6.07, 6.45) is 9.09. The van der Waals surface area contributed by atoms with Gasteiger partial charge in [0, 0.05) is 76.0 Å². The molecule has 0 bridgehead atoms.